The number of pyridine rings is 1. The summed E-state index contributed by atoms with van der Waals surface area (Å²) in [6, 6.07) is 3.27. The van der Waals surface area contributed by atoms with Crippen molar-refractivity contribution in [2.24, 2.45) is 5.73 Å². The molecule has 0 aromatic carbocycles. The third-order valence-corrected chi connectivity index (χ3v) is 2.06. The van der Waals surface area contributed by atoms with E-state index >= 15 is 0 Å². The van der Waals surface area contributed by atoms with Crippen LogP contribution in [0.25, 0.3) is 0 Å². The number of rotatable bonds is 4. The van der Waals surface area contributed by atoms with Crippen molar-refractivity contribution in [1.82, 2.24) is 4.98 Å². The summed E-state index contributed by atoms with van der Waals surface area (Å²) in [5.41, 5.74) is 6.45. The molecular weight excluding hydrogens is 220 g/mol. The molecule has 0 aliphatic carbocycles. The van der Waals surface area contributed by atoms with Gasteiger partial charge >= 0.3 is 0 Å². The van der Waals surface area contributed by atoms with Gasteiger partial charge in [0.05, 0.1) is 24.1 Å². The molecule has 3 nitrogen and oxygen atoms in total. The zero-order chi connectivity index (χ0) is 11.4. The summed E-state index contributed by atoms with van der Waals surface area (Å²) in [5.74, 6) is 0. The van der Waals surface area contributed by atoms with Crippen molar-refractivity contribution in [3.05, 3.63) is 24.0 Å². The van der Waals surface area contributed by atoms with Crippen molar-refractivity contribution in [3.8, 4) is 0 Å². The second kappa shape index (κ2) is 4.97. The zero-order valence-electron chi connectivity index (χ0n) is 8.15. The van der Waals surface area contributed by atoms with Crippen LogP contribution >= 0.6 is 12.2 Å². The van der Waals surface area contributed by atoms with Gasteiger partial charge in [-0.3, -0.25) is 4.98 Å². The van der Waals surface area contributed by atoms with Crippen LogP contribution < -0.4 is 10.6 Å². The first kappa shape index (κ1) is 11.8. The Morgan fingerprint density at radius 2 is 2.27 bits per heavy atom. The molecule has 0 radical (unpaired) electrons. The minimum absolute atomic E-state index is 0.193. The third-order valence-electron chi connectivity index (χ3n) is 1.85. The van der Waals surface area contributed by atoms with E-state index < -0.39 is 6.43 Å². The molecule has 82 valence electrons. The summed E-state index contributed by atoms with van der Waals surface area (Å²) in [6.07, 6.45) is -0.901. The Balaban J connectivity index is 2.75. The predicted octanol–water partition coefficient (Wildman–Crippen LogP) is 1.42. The predicted molar refractivity (Wildman–Crippen MR) is 59.4 cm³/mol. The van der Waals surface area contributed by atoms with E-state index in [4.69, 9.17) is 18.0 Å². The van der Waals surface area contributed by atoms with Crippen LogP contribution in [0.4, 0.5) is 14.5 Å². The van der Waals surface area contributed by atoms with Crippen LogP contribution in [0.2, 0.25) is 0 Å². The normalized spacial score (nSPS) is 10.4. The van der Waals surface area contributed by atoms with Gasteiger partial charge in [-0.1, -0.05) is 12.2 Å². The van der Waals surface area contributed by atoms with E-state index in [9.17, 15) is 8.78 Å². The van der Waals surface area contributed by atoms with E-state index in [2.05, 4.69) is 4.98 Å². The topological polar surface area (TPSA) is 42.1 Å². The molecule has 0 aliphatic heterocycles. The van der Waals surface area contributed by atoms with Gasteiger partial charge < -0.3 is 10.6 Å². The molecule has 0 spiro atoms. The first-order chi connectivity index (χ1) is 7.00. The summed E-state index contributed by atoms with van der Waals surface area (Å²) in [6.45, 7) is -0.325. The van der Waals surface area contributed by atoms with Crippen LogP contribution in [0.1, 0.15) is 5.69 Å². The van der Waals surface area contributed by atoms with Gasteiger partial charge in [0.25, 0.3) is 6.43 Å². The standard InChI is InChI=1S/C9H11F2N3S/c1-14(5-8(10)11)6-2-3-7(9(12)15)13-4-6/h2-4,8H,5H2,1H3,(H2,12,15). The minimum Gasteiger partial charge on any atom is -0.388 e. The van der Waals surface area contributed by atoms with Crippen LogP contribution in [0.5, 0.6) is 0 Å². The smallest absolute Gasteiger partial charge is 0.255 e. The van der Waals surface area contributed by atoms with Crippen LogP contribution in [0, 0.1) is 0 Å². The monoisotopic (exact) mass is 231 g/mol. The lowest BCUT2D eigenvalue weighted by Crippen LogP contribution is -2.24. The second-order valence-electron chi connectivity index (χ2n) is 3.04. The highest BCUT2D eigenvalue weighted by Gasteiger charge is 2.08. The first-order valence-corrected chi connectivity index (χ1v) is 4.66. The fourth-order valence-electron chi connectivity index (χ4n) is 1.07. The van der Waals surface area contributed by atoms with E-state index in [1.807, 2.05) is 0 Å². The van der Waals surface area contributed by atoms with Crippen LogP contribution in [0.3, 0.4) is 0 Å². The maximum atomic E-state index is 12.1. The van der Waals surface area contributed by atoms with E-state index in [-0.39, 0.29) is 11.5 Å². The van der Waals surface area contributed by atoms with Gasteiger partial charge in [-0.2, -0.15) is 0 Å². The van der Waals surface area contributed by atoms with Gasteiger partial charge in [-0.05, 0) is 12.1 Å². The molecule has 0 amide bonds. The number of alkyl halides is 2. The Kier molecular flexibility index (Phi) is 3.90. The fraction of sp³-hybridized carbons (Fsp3) is 0.333. The molecule has 0 atom stereocenters. The maximum Gasteiger partial charge on any atom is 0.255 e. The molecular formula is C9H11F2N3S. The van der Waals surface area contributed by atoms with Crippen LogP contribution in [0.15, 0.2) is 18.3 Å². The highest BCUT2D eigenvalue weighted by Crippen LogP contribution is 2.12. The molecule has 0 saturated heterocycles. The van der Waals surface area contributed by atoms with Crippen molar-refractivity contribution in [1.29, 1.82) is 0 Å². The number of thiocarbonyl (C=S) groups is 1. The van der Waals surface area contributed by atoms with Crippen molar-refractivity contribution in [3.63, 3.8) is 0 Å². The summed E-state index contributed by atoms with van der Waals surface area (Å²) < 4.78 is 24.2. The quantitative estimate of drug-likeness (QED) is 0.796. The van der Waals surface area contributed by atoms with Gasteiger partial charge in [0, 0.05) is 7.05 Å². The van der Waals surface area contributed by atoms with Crippen LogP contribution in [-0.2, 0) is 0 Å². The number of nitrogens with zero attached hydrogens (tertiary/aromatic N) is 2. The molecule has 1 aromatic heterocycles. The highest BCUT2D eigenvalue weighted by molar-refractivity contribution is 7.80. The zero-order valence-corrected chi connectivity index (χ0v) is 8.97. The fourth-order valence-corrected chi connectivity index (χ4v) is 1.19. The second-order valence-corrected chi connectivity index (χ2v) is 3.48. The summed E-state index contributed by atoms with van der Waals surface area (Å²) in [5, 5.41) is 0. The average Bonchev–Trinajstić information content (AvgIpc) is 2.17. The number of aromatic nitrogens is 1. The number of hydrogen-bond acceptors (Lipinski definition) is 3. The molecule has 0 aliphatic rings. The highest BCUT2D eigenvalue weighted by atomic mass is 32.1. The third kappa shape index (κ3) is 3.39. The molecule has 2 N–H and O–H groups in total. The van der Waals surface area contributed by atoms with E-state index in [1.54, 1.807) is 19.2 Å². The molecule has 6 heteroatoms. The molecule has 15 heavy (non-hydrogen) atoms. The Hall–Kier alpha value is -1.30. The lowest BCUT2D eigenvalue weighted by molar-refractivity contribution is 0.156. The Labute approximate surface area is 91.9 Å². The summed E-state index contributed by atoms with van der Waals surface area (Å²) >= 11 is 4.72. The average molecular weight is 231 g/mol. The number of nitrogens with two attached hydrogens (primary N) is 1. The van der Waals surface area contributed by atoms with Gasteiger partial charge in [-0.25, -0.2) is 8.78 Å². The largest absolute Gasteiger partial charge is 0.388 e. The lowest BCUT2D eigenvalue weighted by atomic mass is 10.3. The lowest BCUT2D eigenvalue weighted by Gasteiger charge is -2.18. The van der Waals surface area contributed by atoms with Crippen molar-refractivity contribution >= 4 is 22.9 Å². The minimum atomic E-state index is -2.37. The summed E-state index contributed by atoms with van der Waals surface area (Å²) in [4.78, 5) is 5.56. The molecule has 0 fully saturated rings. The van der Waals surface area contributed by atoms with Crippen molar-refractivity contribution in [2.45, 2.75) is 6.43 Å². The number of halogens is 2. The van der Waals surface area contributed by atoms with Gasteiger partial charge in [0.1, 0.15) is 4.99 Å². The molecule has 0 bridgehead atoms. The molecule has 1 rings (SSSR count). The Morgan fingerprint density at radius 1 is 1.60 bits per heavy atom. The first-order valence-electron chi connectivity index (χ1n) is 4.26. The van der Waals surface area contributed by atoms with E-state index in [1.165, 1.54) is 11.1 Å². The SMILES string of the molecule is CN(CC(F)F)c1ccc(C(N)=S)nc1. The molecule has 0 saturated carbocycles. The molecule has 0 unspecified atom stereocenters. The Bertz CT molecular complexity index is 340. The van der Waals surface area contributed by atoms with E-state index in [0.29, 0.717) is 11.4 Å². The van der Waals surface area contributed by atoms with Gasteiger partial charge in [0.15, 0.2) is 0 Å². The Morgan fingerprint density at radius 3 is 2.67 bits per heavy atom. The number of anilines is 1. The summed E-state index contributed by atoms with van der Waals surface area (Å²) in [7, 11) is 1.57. The van der Waals surface area contributed by atoms with Gasteiger partial charge in [-0.15, -0.1) is 0 Å². The van der Waals surface area contributed by atoms with Crippen molar-refractivity contribution < 1.29 is 8.78 Å². The van der Waals surface area contributed by atoms with E-state index in [0.717, 1.165) is 0 Å². The number of hydrogen-bond donors (Lipinski definition) is 1. The van der Waals surface area contributed by atoms with Gasteiger partial charge in [0.2, 0.25) is 0 Å². The molecule has 1 heterocycles. The van der Waals surface area contributed by atoms with Crippen LogP contribution in [-0.4, -0.2) is 30.0 Å². The van der Waals surface area contributed by atoms with Crippen molar-refractivity contribution in [2.75, 3.05) is 18.5 Å². The maximum absolute atomic E-state index is 12.1. The molecule has 1 aromatic rings.